The van der Waals surface area contributed by atoms with Crippen molar-refractivity contribution in [3.8, 4) is 0 Å². The first kappa shape index (κ1) is 16.7. The van der Waals surface area contributed by atoms with Crippen molar-refractivity contribution in [1.29, 1.82) is 0 Å². The Balaban J connectivity index is 1.73. The Bertz CT molecular complexity index is 687. The number of rotatable bonds is 4. The van der Waals surface area contributed by atoms with Gasteiger partial charge in [-0.1, -0.05) is 29.8 Å². The molecular weight excluding hydrogens is 300 g/mol. The largest absolute Gasteiger partial charge is 0.381 e. The summed E-state index contributed by atoms with van der Waals surface area (Å²) in [6.45, 7) is 3.58. The summed E-state index contributed by atoms with van der Waals surface area (Å²) in [4.78, 5) is 18.6. The molecule has 1 aromatic heterocycles. The smallest absolute Gasteiger partial charge is 0.253 e. The van der Waals surface area contributed by atoms with Crippen LogP contribution in [0.5, 0.6) is 0 Å². The Morgan fingerprint density at radius 2 is 2.08 bits per heavy atom. The zero-order valence-electron chi connectivity index (χ0n) is 14.3. The third-order valence-corrected chi connectivity index (χ3v) is 4.76. The van der Waals surface area contributed by atoms with Gasteiger partial charge in [0.15, 0.2) is 0 Å². The van der Waals surface area contributed by atoms with Gasteiger partial charge in [-0.3, -0.25) is 9.78 Å². The SMILES string of the molecule is CO[C@H]1CCN(C(=O)c2ccncc2)C[C@H]1Cc1cccc(C)c1. The van der Waals surface area contributed by atoms with Crippen molar-refractivity contribution in [2.45, 2.75) is 25.9 Å². The van der Waals surface area contributed by atoms with Crippen LogP contribution in [0.3, 0.4) is 0 Å². The first-order valence-electron chi connectivity index (χ1n) is 8.45. The summed E-state index contributed by atoms with van der Waals surface area (Å²) < 4.78 is 5.69. The molecular formula is C20H24N2O2. The first-order chi connectivity index (χ1) is 11.7. The number of aromatic nitrogens is 1. The summed E-state index contributed by atoms with van der Waals surface area (Å²) >= 11 is 0. The minimum Gasteiger partial charge on any atom is -0.381 e. The van der Waals surface area contributed by atoms with E-state index in [0.29, 0.717) is 11.5 Å². The lowest BCUT2D eigenvalue weighted by molar-refractivity contribution is -0.00300. The molecule has 4 heteroatoms. The van der Waals surface area contributed by atoms with E-state index in [0.717, 1.165) is 25.9 Å². The summed E-state index contributed by atoms with van der Waals surface area (Å²) in [6, 6.07) is 12.1. The molecule has 0 aliphatic carbocycles. The summed E-state index contributed by atoms with van der Waals surface area (Å²) in [6.07, 6.45) is 5.34. The van der Waals surface area contributed by atoms with Crippen LogP contribution in [-0.4, -0.2) is 42.1 Å². The average molecular weight is 324 g/mol. The highest BCUT2D eigenvalue weighted by Crippen LogP contribution is 2.25. The molecule has 1 aromatic carbocycles. The summed E-state index contributed by atoms with van der Waals surface area (Å²) in [7, 11) is 1.77. The average Bonchev–Trinajstić information content (AvgIpc) is 2.62. The molecule has 0 unspecified atom stereocenters. The normalized spacial score (nSPS) is 20.8. The van der Waals surface area contributed by atoms with Gasteiger partial charge >= 0.3 is 0 Å². The van der Waals surface area contributed by atoms with E-state index in [1.165, 1.54) is 11.1 Å². The molecule has 0 spiro atoms. The zero-order chi connectivity index (χ0) is 16.9. The highest BCUT2D eigenvalue weighted by Gasteiger charge is 2.32. The molecule has 4 nitrogen and oxygen atoms in total. The Morgan fingerprint density at radius 3 is 2.79 bits per heavy atom. The minimum atomic E-state index is 0.0844. The standard InChI is InChI=1S/C20H24N2O2/c1-15-4-3-5-16(12-15)13-18-14-22(11-8-19(18)24-2)20(23)17-6-9-21-10-7-17/h3-7,9-10,12,18-19H,8,11,13-14H2,1-2H3/t18-,19+/m1/s1. The van der Waals surface area contributed by atoms with Gasteiger partial charge in [0.2, 0.25) is 0 Å². The molecule has 1 fully saturated rings. The number of pyridine rings is 1. The number of carbonyl (C=O) groups excluding carboxylic acids is 1. The minimum absolute atomic E-state index is 0.0844. The Morgan fingerprint density at radius 1 is 1.29 bits per heavy atom. The molecule has 1 aliphatic rings. The maximum atomic E-state index is 12.7. The predicted molar refractivity (Wildman–Crippen MR) is 93.9 cm³/mol. The number of aryl methyl sites for hydroxylation is 1. The van der Waals surface area contributed by atoms with Crippen molar-refractivity contribution in [2.24, 2.45) is 5.92 Å². The molecule has 24 heavy (non-hydrogen) atoms. The van der Waals surface area contributed by atoms with E-state index in [9.17, 15) is 4.79 Å². The van der Waals surface area contributed by atoms with E-state index in [1.54, 1.807) is 31.6 Å². The van der Waals surface area contributed by atoms with Crippen LogP contribution in [0.1, 0.15) is 27.9 Å². The van der Waals surface area contributed by atoms with Gasteiger partial charge in [0.1, 0.15) is 0 Å². The number of piperidine rings is 1. The van der Waals surface area contributed by atoms with Gasteiger partial charge in [-0.25, -0.2) is 0 Å². The van der Waals surface area contributed by atoms with Crippen LogP contribution in [0.15, 0.2) is 48.8 Å². The maximum absolute atomic E-state index is 12.7. The Kier molecular flexibility index (Phi) is 5.26. The number of likely N-dealkylation sites (tertiary alicyclic amines) is 1. The van der Waals surface area contributed by atoms with Gasteiger partial charge < -0.3 is 9.64 Å². The van der Waals surface area contributed by atoms with Crippen LogP contribution in [-0.2, 0) is 11.2 Å². The van der Waals surface area contributed by atoms with Crippen molar-refractivity contribution in [3.05, 3.63) is 65.5 Å². The Labute approximate surface area is 143 Å². The van der Waals surface area contributed by atoms with Gasteiger partial charge in [-0.05, 0) is 37.5 Å². The molecule has 126 valence electrons. The fourth-order valence-corrected chi connectivity index (χ4v) is 3.52. The number of amides is 1. The zero-order valence-corrected chi connectivity index (χ0v) is 14.3. The number of ether oxygens (including phenoxy) is 1. The van der Waals surface area contributed by atoms with Gasteiger partial charge in [0.05, 0.1) is 6.10 Å². The number of hydrogen-bond donors (Lipinski definition) is 0. The van der Waals surface area contributed by atoms with Crippen LogP contribution < -0.4 is 0 Å². The highest BCUT2D eigenvalue weighted by molar-refractivity contribution is 5.94. The molecule has 2 atom stereocenters. The third kappa shape index (κ3) is 3.82. The molecule has 2 aromatic rings. The lowest BCUT2D eigenvalue weighted by Crippen LogP contribution is -2.47. The number of hydrogen-bond acceptors (Lipinski definition) is 3. The fraction of sp³-hybridized carbons (Fsp3) is 0.400. The third-order valence-electron chi connectivity index (χ3n) is 4.76. The molecule has 0 radical (unpaired) electrons. The quantitative estimate of drug-likeness (QED) is 0.868. The van der Waals surface area contributed by atoms with Crippen LogP contribution in [0, 0.1) is 12.8 Å². The van der Waals surface area contributed by atoms with E-state index >= 15 is 0 Å². The number of benzene rings is 1. The molecule has 1 aliphatic heterocycles. The van der Waals surface area contributed by atoms with Gasteiger partial charge in [-0.15, -0.1) is 0 Å². The van der Waals surface area contributed by atoms with Crippen LogP contribution in [0.4, 0.5) is 0 Å². The van der Waals surface area contributed by atoms with Crippen molar-refractivity contribution >= 4 is 5.91 Å². The monoisotopic (exact) mass is 324 g/mol. The van der Waals surface area contributed by atoms with E-state index in [-0.39, 0.29) is 12.0 Å². The van der Waals surface area contributed by atoms with E-state index in [1.807, 2.05) is 4.90 Å². The molecule has 0 bridgehead atoms. The first-order valence-corrected chi connectivity index (χ1v) is 8.45. The summed E-state index contributed by atoms with van der Waals surface area (Å²) in [5, 5.41) is 0. The number of carbonyl (C=O) groups is 1. The Hall–Kier alpha value is -2.20. The topological polar surface area (TPSA) is 42.4 Å². The number of nitrogens with zero attached hydrogens (tertiary/aromatic N) is 2. The highest BCUT2D eigenvalue weighted by atomic mass is 16.5. The lowest BCUT2D eigenvalue weighted by atomic mass is 9.88. The lowest BCUT2D eigenvalue weighted by Gasteiger charge is -2.38. The molecule has 0 saturated carbocycles. The van der Waals surface area contributed by atoms with Crippen molar-refractivity contribution < 1.29 is 9.53 Å². The summed E-state index contributed by atoms with van der Waals surface area (Å²) in [5.74, 6) is 0.400. The van der Waals surface area contributed by atoms with E-state index < -0.39 is 0 Å². The van der Waals surface area contributed by atoms with Gasteiger partial charge in [0.25, 0.3) is 5.91 Å². The second-order valence-corrected chi connectivity index (χ2v) is 6.50. The second kappa shape index (κ2) is 7.58. The van der Waals surface area contributed by atoms with Crippen molar-refractivity contribution in [3.63, 3.8) is 0 Å². The molecule has 3 rings (SSSR count). The molecule has 1 saturated heterocycles. The molecule has 2 heterocycles. The predicted octanol–water partition coefficient (Wildman–Crippen LogP) is 3.11. The van der Waals surface area contributed by atoms with Crippen molar-refractivity contribution in [2.75, 3.05) is 20.2 Å². The van der Waals surface area contributed by atoms with Crippen LogP contribution in [0.25, 0.3) is 0 Å². The van der Waals surface area contributed by atoms with Crippen molar-refractivity contribution in [1.82, 2.24) is 9.88 Å². The van der Waals surface area contributed by atoms with Crippen LogP contribution in [0.2, 0.25) is 0 Å². The molecule has 1 amide bonds. The number of methoxy groups -OCH3 is 1. The summed E-state index contributed by atoms with van der Waals surface area (Å²) in [5.41, 5.74) is 3.28. The van der Waals surface area contributed by atoms with Gasteiger partial charge in [0, 0.05) is 44.1 Å². The molecule has 0 N–H and O–H groups in total. The second-order valence-electron chi connectivity index (χ2n) is 6.50. The van der Waals surface area contributed by atoms with E-state index in [2.05, 4.69) is 36.2 Å². The van der Waals surface area contributed by atoms with E-state index in [4.69, 9.17) is 4.74 Å². The van der Waals surface area contributed by atoms with Crippen LogP contribution >= 0.6 is 0 Å². The van der Waals surface area contributed by atoms with Gasteiger partial charge in [-0.2, -0.15) is 0 Å². The maximum Gasteiger partial charge on any atom is 0.253 e. The fourth-order valence-electron chi connectivity index (χ4n) is 3.52.